The van der Waals surface area contributed by atoms with E-state index in [2.05, 4.69) is 13.2 Å². The van der Waals surface area contributed by atoms with Crippen molar-refractivity contribution in [2.75, 3.05) is 0 Å². The Kier molecular flexibility index (Phi) is 3.92. The number of rotatable bonds is 6. The van der Waals surface area contributed by atoms with Gasteiger partial charge in [-0.25, -0.2) is 0 Å². The third kappa shape index (κ3) is 1.81. The quantitative estimate of drug-likeness (QED) is 0.503. The highest BCUT2D eigenvalue weighted by molar-refractivity contribution is 6.20. The molecule has 88 valence electrons. The molecule has 0 aromatic rings. The maximum atomic E-state index is 11.5. The first-order valence-electron chi connectivity index (χ1n) is 4.45. The van der Waals surface area contributed by atoms with E-state index in [1.807, 2.05) is 0 Å². The molecule has 0 saturated carbocycles. The van der Waals surface area contributed by atoms with Gasteiger partial charge in [0.2, 0.25) is 5.60 Å². The molecule has 0 fully saturated rings. The Morgan fingerprint density at radius 1 is 1.06 bits per heavy atom. The van der Waals surface area contributed by atoms with Crippen molar-refractivity contribution in [2.24, 2.45) is 5.41 Å². The highest BCUT2D eigenvalue weighted by Gasteiger charge is 2.57. The van der Waals surface area contributed by atoms with Gasteiger partial charge in [-0.1, -0.05) is 13.2 Å². The van der Waals surface area contributed by atoms with Gasteiger partial charge in [-0.2, -0.15) is 0 Å². The number of carboxylic acids is 1. The van der Waals surface area contributed by atoms with Gasteiger partial charge in [0.15, 0.2) is 11.6 Å². The summed E-state index contributed by atoms with van der Waals surface area (Å²) in [5, 5.41) is 19.0. The van der Waals surface area contributed by atoms with E-state index in [4.69, 9.17) is 5.11 Å². The molecule has 0 aliphatic rings. The molecule has 0 atom stereocenters. The van der Waals surface area contributed by atoms with Crippen molar-refractivity contribution in [1.82, 2.24) is 0 Å². The van der Waals surface area contributed by atoms with Crippen LogP contribution < -0.4 is 0 Å². The third-order valence-corrected chi connectivity index (χ3v) is 2.52. The van der Waals surface area contributed by atoms with Crippen LogP contribution in [0.5, 0.6) is 0 Å². The Morgan fingerprint density at radius 2 is 1.38 bits per heavy atom. The maximum Gasteiger partial charge on any atom is 0.313 e. The first kappa shape index (κ1) is 14.2. The van der Waals surface area contributed by atoms with Crippen LogP contribution in [0.15, 0.2) is 25.3 Å². The van der Waals surface area contributed by atoms with Gasteiger partial charge in [0.25, 0.3) is 0 Å². The van der Waals surface area contributed by atoms with E-state index in [0.29, 0.717) is 12.2 Å². The minimum absolute atomic E-state index is 0.714. The standard InChI is InChI=1S/C11H14O5/c1-5-7(12)11(16,8(13)6-2)10(3,4)9(14)15/h5-6,16H,1-2H2,3-4H3,(H,14,15). The zero-order valence-electron chi connectivity index (χ0n) is 9.19. The van der Waals surface area contributed by atoms with E-state index in [9.17, 15) is 19.5 Å². The van der Waals surface area contributed by atoms with Gasteiger partial charge in [0, 0.05) is 0 Å². The summed E-state index contributed by atoms with van der Waals surface area (Å²) in [5.41, 5.74) is -4.65. The highest BCUT2D eigenvalue weighted by atomic mass is 16.4. The average molecular weight is 226 g/mol. The van der Waals surface area contributed by atoms with Crippen LogP contribution in [0, 0.1) is 5.41 Å². The average Bonchev–Trinajstić information content (AvgIpc) is 2.24. The summed E-state index contributed by atoms with van der Waals surface area (Å²) in [5.74, 6) is -3.60. The summed E-state index contributed by atoms with van der Waals surface area (Å²) in [6.07, 6.45) is 1.43. The molecular weight excluding hydrogens is 212 g/mol. The number of hydrogen-bond acceptors (Lipinski definition) is 4. The fraction of sp³-hybridized carbons (Fsp3) is 0.364. The van der Waals surface area contributed by atoms with Crippen molar-refractivity contribution in [3.05, 3.63) is 25.3 Å². The zero-order valence-corrected chi connectivity index (χ0v) is 9.19. The van der Waals surface area contributed by atoms with Crippen molar-refractivity contribution in [2.45, 2.75) is 19.4 Å². The van der Waals surface area contributed by atoms with Gasteiger partial charge in [-0.15, -0.1) is 0 Å². The van der Waals surface area contributed by atoms with Crippen LogP contribution in [-0.4, -0.2) is 33.3 Å². The third-order valence-electron chi connectivity index (χ3n) is 2.52. The molecule has 0 aliphatic heterocycles. The molecule has 0 rings (SSSR count). The van der Waals surface area contributed by atoms with E-state index in [1.165, 1.54) is 0 Å². The van der Waals surface area contributed by atoms with E-state index < -0.39 is 28.6 Å². The lowest BCUT2D eigenvalue weighted by molar-refractivity contribution is -0.174. The van der Waals surface area contributed by atoms with Gasteiger partial charge < -0.3 is 10.2 Å². The van der Waals surface area contributed by atoms with Gasteiger partial charge in [-0.3, -0.25) is 14.4 Å². The van der Waals surface area contributed by atoms with Crippen LogP contribution in [-0.2, 0) is 14.4 Å². The first-order valence-corrected chi connectivity index (χ1v) is 4.45. The molecule has 0 aliphatic carbocycles. The first-order chi connectivity index (χ1) is 7.16. The van der Waals surface area contributed by atoms with Crippen LogP contribution in [0.25, 0.3) is 0 Å². The molecule has 5 nitrogen and oxygen atoms in total. The number of hydrogen-bond donors (Lipinski definition) is 2. The molecule has 0 aromatic heterocycles. The summed E-state index contributed by atoms with van der Waals surface area (Å²) in [6.45, 7) is 8.42. The molecule has 0 spiro atoms. The second-order valence-electron chi connectivity index (χ2n) is 3.78. The SMILES string of the molecule is C=CC(=O)C(O)(C(=O)C=C)C(C)(C)C(=O)O. The Balaban J connectivity index is 5.86. The van der Waals surface area contributed by atoms with E-state index in [1.54, 1.807) is 0 Å². The topological polar surface area (TPSA) is 91.7 Å². The van der Waals surface area contributed by atoms with Crippen LogP contribution in [0.3, 0.4) is 0 Å². The van der Waals surface area contributed by atoms with Crippen molar-refractivity contribution >= 4 is 17.5 Å². The minimum atomic E-state index is -2.68. The number of aliphatic hydroxyl groups is 1. The number of carbonyl (C=O) groups is 3. The van der Waals surface area contributed by atoms with Crippen molar-refractivity contribution in [1.29, 1.82) is 0 Å². The van der Waals surface area contributed by atoms with Crippen LogP contribution in [0.4, 0.5) is 0 Å². The number of carbonyl (C=O) groups excluding carboxylic acids is 2. The van der Waals surface area contributed by atoms with E-state index >= 15 is 0 Å². The van der Waals surface area contributed by atoms with Crippen molar-refractivity contribution in [3.8, 4) is 0 Å². The molecule has 0 saturated heterocycles. The highest BCUT2D eigenvalue weighted by Crippen LogP contribution is 2.33. The summed E-state index contributed by atoms with van der Waals surface area (Å²) < 4.78 is 0. The van der Waals surface area contributed by atoms with Crippen LogP contribution >= 0.6 is 0 Å². The monoisotopic (exact) mass is 226 g/mol. The summed E-state index contributed by atoms with van der Waals surface area (Å²) in [6, 6.07) is 0. The summed E-state index contributed by atoms with van der Waals surface area (Å²) in [7, 11) is 0. The predicted molar refractivity (Wildman–Crippen MR) is 56.8 cm³/mol. The van der Waals surface area contributed by atoms with Gasteiger partial charge in [0.05, 0.1) is 0 Å². The maximum absolute atomic E-state index is 11.5. The number of aliphatic carboxylic acids is 1. The lowest BCUT2D eigenvalue weighted by atomic mass is 9.69. The molecule has 0 heterocycles. The Labute approximate surface area is 93.1 Å². The second kappa shape index (κ2) is 4.40. The minimum Gasteiger partial charge on any atom is -0.481 e. The van der Waals surface area contributed by atoms with Crippen LogP contribution in [0.1, 0.15) is 13.8 Å². The fourth-order valence-corrected chi connectivity index (χ4v) is 1.19. The lowest BCUT2D eigenvalue weighted by Gasteiger charge is -2.35. The van der Waals surface area contributed by atoms with E-state index in [-0.39, 0.29) is 0 Å². The van der Waals surface area contributed by atoms with Crippen LogP contribution in [0.2, 0.25) is 0 Å². The van der Waals surface area contributed by atoms with Gasteiger partial charge in [-0.05, 0) is 26.0 Å². The van der Waals surface area contributed by atoms with Gasteiger partial charge >= 0.3 is 5.97 Å². The molecule has 0 bridgehead atoms. The Morgan fingerprint density at radius 3 is 1.56 bits per heavy atom. The molecule has 0 aromatic carbocycles. The molecule has 16 heavy (non-hydrogen) atoms. The van der Waals surface area contributed by atoms with Crippen molar-refractivity contribution in [3.63, 3.8) is 0 Å². The molecule has 5 heteroatoms. The zero-order chi connectivity index (χ0) is 13.1. The summed E-state index contributed by atoms with van der Waals surface area (Å²) in [4.78, 5) is 33.9. The predicted octanol–water partition coefficient (Wildman–Crippen LogP) is 0.338. The smallest absolute Gasteiger partial charge is 0.313 e. The normalized spacial score (nSPS) is 11.7. The van der Waals surface area contributed by atoms with E-state index in [0.717, 1.165) is 13.8 Å². The Bertz CT molecular complexity index is 345. The summed E-state index contributed by atoms with van der Waals surface area (Å²) >= 11 is 0. The second-order valence-corrected chi connectivity index (χ2v) is 3.78. The number of ketones is 2. The molecular formula is C11H14O5. The molecule has 0 radical (unpaired) electrons. The largest absolute Gasteiger partial charge is 0.481 e. The van der Waals surface area contributed by atoms with Crippen molar-refractivity contribution < 1.29 is 24.6 Å². The molecule has 0 unspecified atom stereocenters. The lowest BCUT2D eigenvalue weighted by Crippen LogP contribution is -2.59. The Hall–Kier alpha value is -1.75. The molecule has 0 amide bonds. The molecule has 2 N–H and O–H groups in total. The van der Waals surface area contributed by atoms with Gasteiger partial charge in [0.1, 0.15) is 5.41 Å². The fourth-order valence-electron chi connectivity index (χ4n) is 1.19. The number of carboxylic acid groups (broad SMARTS) is 1.